The molecule has 3 N–H and O–H groups in total. The number of nitrogens with two attached hydrogens (primary N) is 1. The summed E-state index contributed by atoms with van der Waals surface area (Å²) in [6.07, 6.45) is 0.296. The van der Waals surface area contributed by atoms with Gasteiger partial charge in [-0.15, -0.1) is 0 Å². The highest BCUT2D eigenvalue weighted by atomic mass is 16.5. The zero-order valence-electron chi connectivity index (χ0n) is 14.7. The summed E-state index contributed by atoms with van der Waals surface area (Å²) >= 11 is 0. The Morgan fingerprint density at radius 2 is 2.12 bits per heavy atom. The lowest BCUT2D eigenvalue weighted by Crippen LogP contribution is -2.41. The van der Waals surface area contributed by atoms with Gasteiger partial charge in [-0.2, -0.15) is 0 Å². The van der Waals surface area contributed by atoms with Gasteiger partial charge in [-0.25, -0.2) is 0 Å². The number of anilines is 1. The number of morpholine rings is 1. The molecule has 2 heterocycles. The summed E-state index contributed by atoms with van der Waals surface area (Å²) in [5, 5.41) is 4.01. The minimum atomic E-state index is 0.0103. The summed E-state index contributed by atoms with van der Waals surface area (Å²) in [5.41, 5.74) is 8.13. The van der Waals surface area contributed by atoms with Crippen molar-refractivity contribution in [3.63, 3.8) is 0 Å². The molecule has 25 heavy (non-hydrogen) atoms. The fraction of sp³-hybridized carbons (Fsp3) is 0.474. The van der Waals surface area contributed by atoms with Gasteiger partial charge in [0.15, 0.2) is 0 Å². The highest BCUT2D eigenvalue weighted by molar-refractivity contribution is 5.83. The second kappa shape index (κ2) is 8.27. The van der Waals surface area contributed by atoms with Crippen LogP contribution >= 0.6 is 0 Å². The smallest absolute Gasteiger partial charge is 0.226 e. The van der Waals surface area contributed by atoms with E-state index in [1.807, 2.05) is 30.3 Å². The van der Waals surface area contributed by atoms with Crippen LogP contribution in [-0.4, -0.2) is 55.2 Å². The standard InChI is InChI=1S/C19H26N4O2/c1-14(13-23-6-8-25-9-7-23)12-21-19(24)11-17-4-2-15-10-16(20)3-5-18(15)22-17/h2-5,10,14H,6-9,11-13,20H2,1H3,(H,21,24). The molecule has 1 aliphatic heterocycles. The third-order valence-electron chi connectivity index (χ3n) is 4.43. The monoisotopic (exact) mass is 342 g/mol. The molecule has 0 spiro atoms. The van der Waals surface area contributed by atoms with Crippen LogP contribution in [0.1, 0.15) is 12.6 Å². The fourth-order valence-corrected chi connectivity index (χ4v) is 3.09. The number of nitrogens with one attached hydrogen (secondary N) is 1. The van der Waals surface area contributed by atoms with Gasteiger partial charge < -0.3 is 15.8 Å². The van der Waals surface area contributed by atoms with Crippen LogP contribution in [0.15, 0.2) is 30.3 Å². The van der Waals surface area contributed by atoms with Crippen molar-refractivity contribution in [3.8, 4) is 0 Å². The number of carbonyl (C=O) groups excluding carboxylic acids is 1. The van der Waals surface area contributed by atoms with Gasteiger partial charge in [0, 0.05) is 37.3 Å². The summed E-state index contributed by atoms with van der Waals surface area (Å²) in [5.74, 6) is 0.422. The molecule has 3 rings (SSSR count). The topological polar surface area (TPSA) is 80.5 Å². The van der Waals surface area contributed by atoms with Crippen LogP contribution in [0, 0.1) is 5.92 Å². The first-order valence-electron chi connectivity index (χ1n) is 8.82. The number of hydrogen-bond acceptors (Lipinski definition) is 5. The zero-order valence-corrected chi connectivity index (χ0v) is 14.7. The molecule has 6 heteroatoms. The van der Waals surface area contributed by atoms with Crippen molar-refractivity contribution in [2.45, 2.75) is 13.3 Å². The fourth-order valence-electron chi connectivity index (χ4n) is 3.09. The predicted octanol–water partition coefficient (Wildman–Crippen LogP) is 1.44. The van der Waals surface area contributed by atoms with Crippen LogP contribution in [0.4, 0.5) is 5.69 Å². The van der Waals surface area contributed by atoms with E-state index in [0.717, 1.165) is 49.4 Å². The van der Waals surface area contributed by atoms with Crippen LogP contribution in [-0.2, 0) is 16.0 Å². The predicted molar refractivity (Wildman–Crippen MR) is 99.3 cm³/mol. The van der Waals surface area contributed by atoms with Crippen molar-refractivity contribution >= 4 is 22.5 Å². The second-order valence-electron chi connectivity index (χ2n) is 6.75. The Hall–Kier alpha value is -2.18. The first-order valence-corrected chi connectivity index (χ1v) is 8.82. The quantitative estimate of drug-likeness (QED) is 0.777. The SMILES string of the molecule is CC(CNC(=O)Cc1ccc2cc(N)ccc2n1)CN1CCOCC1. The van der Waals surface area contributed by atoms with E-state index in [0.29, 0.717) is 24.6 Å². The average Bonchev–Trinajstić information content (AvgIpc) is 2.61. The Morgan fingerprint density at radius 1 is 1.32 bits per heavy atom. The second-order valence-corrected chi connectivity index (χ2v) is 6.75. The number of carbonyl (C=O) groups is 1. The Balaban J connectivity index is 1.47. The number of nitrogens with zero attached hydrogens (tertiary/aromatic N) is 2. The van der Waals surface area contributed by atoms with Crippen molar-refractivity contribution in [1.29, 1.82) is 0 Å². The van der Waals surface area contributed by atoms with Crippen LogP contribution in [0.25, 0.3) is 10.9 Å². The maximum Gasteiger partial charge on any atom is 0.226 e. The van der Waals surface area contributed by atoms with E-state index in [9.17, 15) is 4.79 Å². The van der Waals surface area contributed by atoms with E-state index in [4.69, 9.17) is 10.5 Å². The van der Waals surface area contributed by atoms with Crippen molar-refractivity contribution in [2.24, 2.45) is 5.92 Å². The van der Waals surface area contributed by atoms with E-state index in [-0.39, 0.29) is 5.91 Å². The molecule has 1 amide bonds. The molecule has 0 radical (unpaired) electrons. The van der Waals surface area contributed by atoms with Crippen LogP contribution in [0.3, 0.4) is 0 Å². The molecule has 1 saturated heterocycles. The lowest BCUT2D eigenvalue weighted by atomic mass is 10.1. The Kier molecular flexibility index (Phi) is 5.83. The maximum absolute atomic E-state index is 12.2. The van der Waals surface area contributed by atoms with Gasteiger partial charge in [-0.1, -0.05) is 13.0 Å². The summed E-state index contributed by atoms with van der Waals surface area (Å²) in [6.45, 7) is 7.39. The van der Waals surface area contributed by atoms with Gasteiger partial charge in [-0.05, 0) is 30.2 Å². The van der Waals surface area contributed by atoms with Gasteiger partial charge in [0.1, 0.15) is 0 Å². The third-order valence-corrected chi connectivity index (χ3v) is 4.43. The largest absolute Gasteiger partial charge is 0.399 e. The Bertz CT molecular complexity index is 728. The molecule has 2 aromatic rings. The average molecular weight is 342 g/mol. The molecule has 1 aliphatic rings. The van der Waals surface area contributed by atoms with E-state index in [1.54, 1.807) is 0 Å². The Morgan fingerprint density at radius 3 is 2.92 bits per heavy atom. The molecule has 1 fully saturated rings. The zero-order chi connectivity index (χ0) is 17.6. The molecular formula is C19H26N4O2. The summed E-state index contributed by atoms with van der Waals surface area (Å²) in [4.78, 5) is 19.1. The summed E-state index contributed by atoms with van der Waals surface area (Å²) in [7, 11) is 0. The normalized spacial score (nSPS) is 16.7. The van der Waals surface area contributed by atoms with Crippen LogP contribution < -0.4 is 11.1 Å². The van der Waals surface area contributed by atoms with Crippen LogP contribution in [0.2, 0.25) is 0 Å². The van der Waals surface area contributed by atoms with Gasteiger partial charge >= 0.3 is 0 Å². The van der Waals surface area contributed by atoms with E-state index in [2.05, 4.69) is 22.1 Å². The van der Waals surface area contributed by atoms with Gasteiger partial charge in [0.2, 0.25) is 5.91 Å². The number of benzene rings is 1. The molecule has 134 valence electrons. The molecule has 1 atom stereocenters. The molecule has 1 unspecified atom stereocenters. The van der Waals surface area contributed by atoms with Crippen molar-refractivity contribution in [1.82, 2.24) is 15.2 Å². The minimum absolute atomic E-state index is 0.0103. The Labute approximate surface area is 148 Å². The maximum atomic E-state index is 12.2. The van der Waals surface area contributed by atoms with Gasteiger partial charge in [0.25, 0.3) is 0 Å². The first kappa shape index (κ1) is 17.6. The van der Waals surface area contributed by atoms with Gasteiger partial charge in [0.05, 0.1) is 30.8 Å². The molecule has 0 aliphatic carbocycles. The first-order chi connectivity index (χ1) is 12.1. The number of hydrogen-bond donors (Lipinski definition) is 2. The van der Waals surface area contributed by atoms with Crippen molar-refractivity contribution < 1.29 is 9.53 Å². The molecule has 6 nitrogen and oxygen atoms in total. The number of ether oxygens (including phenoxy) is 1. The molecule has 0 saturated carbocycles. The highest BCUT2D eigenvalue weighted by Crippen LogP contribution is 2.16. The number of fused-ring (bicyclic) bond motifs is 1. The van der Waals surface area contributed by atoms with E-state index in [1.165, 1.54) is 0 Å². The lowest BCUT2D eigenvalue weighted by molar-refractivity contribution is -0.120. The summed E-state index contributed by atoms with van der Waals surface area (Å²) in [6, 6.07) is 9.45. The van der Waals surface area contributed by atoms with E-state index >= 15 is 0 Å². The highest BCUT2D eigenvalue weighted by Gasteiger charge is 2.14. The number of pyridine rings is 1. The molecule has 1 aromatic heterocycles. The minimum Gasteiger partial charge on any atom is -0.399 e. The number of rotatable bonds is 6. The molecule has 1 aromatic carbocycles. The molecule has 0 bridgehead atoms. The lowest BCUT2D eigenvalue weighted by Gasteiger charge is -2.29. The number of amides is 1. The third kappa shape index (κ3) is 5.14. The number of aromatic nitrogens is 1. The number of nitrogen functional groups attached to an aromatic ring is 1. The van der Waals surface area contributed by atoms with Crippen LogP contribution in [0.5, 0.6) is 0 Å². The van der Waals surface area contributed by atoms with Crippen molar-refractivity contribution in [2.75, 3.05) is 45.1 Å². The van der Waals surface area contributed by atoms with E-state index < -0.39 is 0 Å². The summed E-state index contributed by atoms with van der Waals surface area (Å²) < 4.78 is 5.36. The van der Waals surface area contributed by atoms with Crippen molar-refractivity contribution in [3.05, 3.63) is 36.0 Å². The van der Waals surface area contributed by atoms with Gasteiger partial charge in [-0.3, -0.25) is 14.7 Å². The molecular weight excluding hydrogens is 316 g/mol.